The van der Waals surface area contributed by atoms with Gasteiger partial charge < -0.3 is 4.74 Å². The standard InChI is InChI=1S/C13H25NO2/c1-10(2)13(5)7-8-14(9-13)12(3,4)11(15)16-6/h10H,7-9H2,1-6H3/t13-/m0/s1. The van der Waals surface area contributed by atoms with Crippen LogP contribution in [0, 0.1) is 11.3 Å². The molecule has 0 saturated carbocycles. The van der Waals surface area contributed by atoms with E-state index in [-0.39, 0.29) is 5.97 Å². The molecule has 94 valence electrons. The molecule has 1 aliphatic heterocycles. The summed E-state index contributed by atoms with van der Waals surface area (Å²) in [5.74, 6) is 0.506. The van der Waals surface area contributed by atoms with Crippen LogP contribution in [0.15, 0.2) is 0 Å². The lowest BCUT2D eigenvalue weighted by Gasteiger charge is -2.35. The highest BCUT2D eigenvalue weighted by Crippen LogP contribution is 2.39. The molecule has 0 aromatic heterocycles. The Bertz CT molecular complexity index is 273. The lowest BCUT2D eigenvalue weighted by molar-refractivity contribution is -0.152. The van der Waals surface area contributed by atoms with Gasteiger partial charge in [0, 0.05) is 6.54 Å². The summed E-state index contributed by atoms with van der Waals surface area (Å²) in [5.41, 5.74) is -0.174. The Morgan fingerprint density at radius 2 is 2.00 bits per heavy atom. The summed E-state index contributed by atoms with van der Waals surface area (Å²) < 4.78 is 4.88. The van der Waals surface area contributed by atoms with E-state index >= 15 is 0 Å². The number of carbonyl (C=O) groups is 1. The highest BCUT2D eigenvalue weighted by molar-refractivity contribution is 5.79. The molecular weight excluding hydrogens is 202 g/mol. The molecule has 3 heteroatoms. The van der Waals surface area contributed by atoms with Crippen molar-refractivity contribution in [2.24, 2.45) is 11.3 Å². The van der Waals surface area contributed by atoms with E-state index in [0.29, 0.717) is 11.3 Å². The maximum atomic E-state index is 11.7. The zero-order chi connectivity index (χ0) is 12.6. The molecule has 3 nitrogen and oxygen atoms in total. The van der Waals surface area contributed by atoms with Crippen LogP contribution < -0.4 is 0 Å². The Morgan fingerprint density at radius 1 is 1.44 bits per heavy atom. The molecule has 1 heterocycles. The molecule has 0 N–H and O–H groups in total. The second-order valence-electron chi connectivity index (χ2n) is 6.03. The number of methoxy groups -OCH3 is 1. The van der Waals surface area contributed by atoms with E-state index in [9.17, 15) is 4.79 Å². The summed E-state index contributed by atoms with van der Waals surface area (Å²) in [4.78, 5) is 14.0. The minimum atomic E-state index is -0.499. The number of carbonyl (C=O) groups excluding carboxylic acids is 1. The maximum absolute atomic E-state index is 11.7. The third-order valence-corrected chi connectivity index (χ3v) is 4.37. The number of hydrogen-bond donors (Lipinski definition) is 0. The van der Waals surface area contributed by atoms with E-state index in [0.717, 1.165) is 19.5 Å². The molecule has 1 saturated heterocycles. The quantitative estimate of drug-likeness (QED) is 0.693. The number of likely N-dealkylation sites (tertiary alicyclic amines) is 1. The summed E-state index contributed by atoms with van der Waals surface area (Å²) in [6.45, 7) is 12.7. The molecule has 1 atom stereocenters. The molecule has 0 radical (unpaired) electrons. The van der Waals surface area contributed by atoms with E-state index in [4.69, 9.17) is 4.74 Å². The van der Waals surface area contributed by atoms with Crippen molar-refractivity contribution in [2.45, 2.75) is 46.6 Å². The topological polar surface area (TPSA) is 29.5 Å². The van der Waals surface area contributed by atoms with Crippen molar-refractivity contribution in [1.82, 2.24) is 4.90 Å². The van der Waals surface area contributed by atoms with Gasteiger partial charge in [-0.1, -0.05) is 20.8 Å². The number of rotatable bonds is 3. The Labute approximate surface area is 99.1 Å². The zero-order valence-electron chi connectivity index (χ0n) is 11.5. The van der Waals surface area contributed by atoms with Gasteiger partial charge in [0.1, 0.15) is 5.54 Å². The van der Waals surface area contributed by atoms with Crippen LogP contribution in [0.2, 0.25) is 0 Å². The van der Waals surface area contributed by atoms with Crippen LogP contribution in [0.4, 0.5) is 0 Å². The van der Waals surface area contributed by atoms with Crippen LogP contribution in [0.5, 0.6) is 0 Å². The molecule has 0 aromatic rings. The molecular formula is C13H25NO2. The fraction of sp³-hybridized carbons (Fsp3) is 0.923. The summed E-state index contributed by atoms with van der Waals surface area (Å²) in [6.07, 6.45) is 1.16. The molecule has 1 rings (SSSR count). The van der Waals surface area contributed by atoms with Gasteiger partial charge in [0.25, 0.3) is 0 Å². The first-order valence-corrected chi connectivity index (χ1v) is 6.07. The van der Waals surface area contributed by atoms with Crippen molar-refractivity contribution in [2.75, 3.05) is 20.2 Å². The Hall–Kier alpha value is -0.570. The van der Waals surface area contributed by atoms with Crippen LogP contribution in [0.25, 0.3) is 0 Å². The molecule has 0 amide bonds. The second kappa shape index (κ2) is 4.36. The largest absolute Gasteiger partial charge is 0.468 e. The Morgan fingerprint density at radius 3 is 2.38 bits per heavy atom. The average Bonchev–Trinajstić information content (AvgIpc) is 2.61. The van der Waals surface area contributed by atoms with Gasteiger partial charge in [-0.3, -0.25) is 9.69 Å². The number of hydrogen-bond acceptors (Lipinski definition) is 3. The van der Waals surface area contributed by atoms with Crippen molar-refractivity contribution in [1.29, 1.82) is 0 Å². The van der Waals surface area contributed by atoms with E-state index in [2.05, 4.69) is 25.7 Å². The predicted molar refractivity (Wildman–Crippen MR) is 65.2 cm³/mol. The van der Waals surface area contributed by atoms with Crippen LogP contribution >= 0.6 is 0 Å². The number of esters is 1. The van der Waals surface area contributed by atoms with Gasteiger partial charge >= 0.3 is 5.97 Å². The van der Waals surface area contributed by atoms with Crippen LogP contribution in [0.3, 0.4) is 0 Å². The smallest absolute Gasteiger partial charge is 0.325 e. The monoisotopic (exact) mass is 227 g/mol. The van der Waals surface area contributed by atoms with Crippen molar-refractivity contribution < 1.29 is 9.53 Å². The molecule has 0 aliphatic carbocycles. The van der Waals surface area contributed by atoms with Gasteiger partial charge in [-0.05, 0) is 38.1 Å². The van der Waals surface area contributed by atoms with Crippen LogP contribution in [0.1, 0.15) is 41.0 Å². The van der Waals surface area contributed by atoms with Gasteiger partial charge in [-0.25, -0.2) is 0 Å². The van der Waals surface area contributed by atoms with Crippen molar-refractivity contribution >= 4 is 5.97 Å². The molecule has 16 heavy (non-hydrogen) atoms. The first-order valence-electron chi connectivity index (χ1n) is 6.07. The zero-order valence-corrected chi connectivity index (χ0v) is 11.5. The fourth-order valence-corrected chi connectivity index (χ4v) is 2.31. The van der Waals surface area contributed by atoms with E-state index < -0.39 is 5.54 Å². The lowest BCUT2D eigenvalue weighted by Crippen LogP contribution is -2.50. The highest BCUT2D eigenvalue weighted by Gasteiger charge is 2.45. The van der Waals surface area contributed by atoms with E-state index in [1.807, 2.05) is 13.8 Å². The molecule has 1 fully saturated rings. The summed E-state index contributed by atoms with van der Waals surface area (Å²) in [5, 5.41) is 0. The molecule has 0 bridgehead atoms. The first-order chi connectivity index (χ1) is 7.24. The second-order valence-corrected chi connectivity index (χ2v) is 6.03. The van der Waals surface area contributed by atoms with Gasteiger partial charge in [0.15, 0.2) is 0 Å². The fourth-order valence-electron chi connectivity index (χ4n) is 2.31. The summed E-state index contributed by atoms with van der Waals surface area (Å²) >= 11 is 0. The summed E-state index contributed by atoms with van der Waals surface area (Å²) in [6, 6.07) is 0. The maximum Gasteiger partial charge on any atom is 0.325 e. The van der Waals surface area contributed by atoms with Crippen LogP contribution in [-0.4, -0.2) is 36.6 Å². The third kappa shape index (κ3) is 2.24. The number of nitrogens with zero attached hydrogens (tertiary/aromatic N) is 1. The van der Waals surface area contributed by atoms with Gasteiger partial charge in [-0.15, -0.1) is 0 Å². The third-order valence-electron chi connectivity index (χ3n) is 4.37. The Kier molecular flexibility index (Phi) is 3.68. The van der Waals surface area contributed by atoms with Crippen LogP contribution in [-0.2, 0) is 9.53 Å². The normalized spacial score (nSPS) is 27.4. The highest BCUT2D eigenvalue weighted by atomic mass is 16.5. The number of ether oxygens (including phenoxy) is 1. The van der Waals surface area contributed by atoms with Gasteiger partial charge in [-0.2, -0.15) is 0 Å². The minimum Gasteiger partial charge on any atom is -0.468 e. The Balaban J connectivity index is 2.76. The van der Waals surface area contributed by atoms with Crippen molar-refractivity contribution in [3.05, 3.63) is 0 Å². The average molecular weight is 227 g/mol. The van der Waals surface area contributed by atoms with E-state index in [1.165, 1.54) is 7.11 Å². The lowest BCUT2D eigenvalue weighted by atomic mass is 9.78. The SMILES string of the molecule is COC(=O)C(C)(C)N1CC[C@](C)(C(C)C)C1. The van der Waals surface area contributed by atoms with E-state index in [1.54, 1.807) is 0 Å². The molecule has 0 unspecified atom stereocenters. The van der Waals surface area contributed by atoms with Gasteiger partial charge in [0.05, 0.1) is 7.11 Å². The molecule has 1 aliphatic rings. The van der Waals surface area contributed by atoms with Gasteiger partial charge in [0.2, 0.25) is 0 Å². The molecule has 0 spiro atoms. The van der Waals surface area contributed by atoms with Crippen molar-refractivity contribution in [3.63, 3.8) is 0 Å². The van der Waals surface area contributed by atoms with Crippen molar-refractivity contribution in [3.8, 4) is 0 Å². The molecule has 0 aromatic carbocycles. The predicted octanol–water partition coefficient (Wildman–Crippen LogP) is 2.31. The minimum absolute atomic E-state index is 0.138. The summed E-state index contributed by atoms with van der Waals surface area (Å²) in [7, 11) is 1.46. The first kappa shape index (κ1) is 13.5.